The molecule has 0 radical (unpaired) electrons. The van der Waals surface area contributed by atoms with Crippen LogP contribution in [0.2, 0.25) is 41.4 Å². The zero-order chi connectivity index (χ0) is 21.1. The van der Waals surface area contributed by atoms with Gasteiger partial charge in [-0.05, 0) is 17.3 Å². The highest BCUT2D eigenvalue weighted by Gasteiger charge is 2.47. The van der Waals surface area contributed by atoms with E-state index in [2.05, 4.69) is 54.2 Å². The van der Waals surface area contributed by atoms with Crippen molar-refractivity contribution in [1.82, 2.24) is 0 Å². The molecule has 0 amide bonds. The molecule has 27 heavy (non-hydrogen) atoms. The lowest BCUT2D eigenvalue weighted by atomic mass is 10.4. The van der Waals surface area contributed by atoms with E-state index in [1.807, 2.05) is 0 Å². The normalized spacial score (nSPS) is 14.1. The van der Waals surface area contributed by atoms with E-state index < -0.39 is 26.0 Å². The number of rotatable bonds is 14. The summed E-state index contributed by atoms with van der Waals surface area (Å²) in [5.74, 6) is 0.699. The molecule has 0 aliphatic carbocycles. The Labute approximate surface area is 170 Å². The fourth-order valence-corrected chi connectivity index (χ4v) is 20.4. The molecule has 0 spiro atoms. The van der Waals surface area contributed by atoms with Gasteiger partial charge < -0.3 is 4.74 Å². The van der Waals surface area contributed by atoms with Crippen LogP contribution in [0.5, 0.6) is 0 Å². The van der Waals surface area contributed by atoms with Crippen molar-refractivity contribution in [3.8, 4) is 0 Å². The summed E-state index contributed by atoms with van der Waals surface area (Å²) >= 11 is 0. The van der Waals surface area contributed by atoms with Gasteiger partial charge >= 0.3 is 0 Å². The van der Waals surface area contributed by atoms with Crippen LogP contribution < -0.4 is 0 Å². The minimum atomic E-state index is -3.19. The number of hydrogen-bond acceptors (Lipinski definition) is 3. The van der Waals surface area contributed by atoms with E-state index in [-0.39, 0.29) is 0 Å². The number of allylic oxidation sites excluding steroid dienone is 2. The first kappa shape index (κ1) is 26.4. The van der Waals surface area contributed by atoms with Crippen molar-refractivity contribution in [3.05, 3.63) is 36.0 Å². The van der Waals surface area contributed by atoms with Crippen LogP contribution in [-0.2, 0) is 14.6 Å². The maximum Gasteiger partial charge on any atom is 0.168 e. The molecule has 0 aliphatic rings. The van der Waals surface area contributed by atoms with Crippen LogP contribution in [-0.4, -0.2) is 37.4 Å². The summed E-state index contributed by atoms with van der Waals surface area (Å²) in [6.45, 7) is 18.3. The SMILES string of the molecule is C=CCOC(=C\C([Si](CC)(CC)CC)[Si](CC)(CC)CC)/C=C/S(C)(=O)=O. The second kappa shape index (κ2) is 12.1. The fraction of sp³-hybridized carbons (Fsp3) is 0.714. The molecular weight excluding hydrogens is 388 g/mol. The van der Waals surface area contributed by atoms with E-state index in [0.29, 0.717) is 17.5 Å². The minimum absolute atomic E-state index is 0.393. The summed E-state index contributed by atoms with van der Waals surface area (Å²) in [7, 11) is -6.24. The summed E-state index contributed by atoms with van der Waals surface area (Å²) in [5, 5.41) is 1.85. The lowest BCUT2D eigenvalue weighted by Gasteiger charge is -2.47. The lowest BCUT2D eigenvalue weighted by Crippen LogP contribution is -2.52. The van der Waals surface area contributed by atoms with Gasteiger partial charge in [0.05, 0.1) is 16.1 Å². The molecule has 0 atom stereocenters. The maximum absolute atomic E-state index is 11.7. The van der Waals surface area contributed by atoms with Gasteiger partial charge in [-0.15, -0.1) is 0 Å². The second-order valence-corrected chi connectivity index (χ2v) is 21.1. The Balaban J connectivity index is 6.54. The molecule has 0 aromatic rings. The van der Waals surface area contributed by atoms with Crippen LogP contribution in [0, 0.1) is 0 Å². The Morgan fingerprint density at radius 1 is 0.926 bits per heavy atom. The quantitative estimate of drug-likeness (QED) is 0.136. The predicted molar refractivity (Wildman–Crippen MR) is 126 cm³/mol. The summed E-state index contributed by atoms with van der Waals surface area (Å²) in [6.07, 6.45) is 6.91. The van der Waals surface area contributed by atoms with Gasteiger partial charge in [0.2, 0.25) is 0 Å². The molecule has 0 bridgehead atoms. The zero-order valence-electron chi connectivity index (χ0n) is 18.7. The molecule has 0 aromatic carbocycles. The first-order valence-corrected chi connectivity index (χ1v) is 17.8. The third-order valence-electron chi connectivity index (χ3n) is 6.72. The van der Waals surface area contributed by atoms with Gasteiger partial charge in [-0.25, -0.2) is 8.42 Å². The molecule has 0 N–H and O–H groups in total. The number of ether oxygens (including phenoxy) is 1. The highest BCUT2D eigenvalue weighted by Crippen LogP contribution is 2.46. The zero-order valence-corrected chi connectivity index (χ0v) is 21.5. The van der Waals surface area contributed by atoms with Crippen molar-refractivity contribution in [3.63, 3.8) is 0 Å². The van der Waals surface area contributed by atoms with Gasteiger partial charge in [-0.2, -0.15) is 0 Å². The van der Waals surface area contributed by atoms with Gasteiger partial charge in [0.25, 0.3) is 0 Å². The molecule has 0 unspecified atom stereocenters. The Bertz CT molecular complexity index is 564. The molecule has 0 aromatic heterocycles. The van der Waals surface area contributed by atoms with Crippen molar-refractivity contribution < 1.29 is 13.2 Å². The molecule has 158 valence electrons. The summed E-state index contributed by atoms with van der Waals surface area (Å²) < 4.78 is 29.2. The van der Waals surface area contributed by atoms with Crippen LogP contribution in [0.25, 0.3) is 0 Å². The molecular formula is C21H42O3SSi2. The summed E-state index contributed by atoms with van der Waals surface area (Å²) in [4.78, 5) is 0. The van der Waals surface area contributed by atoms with Crippen LogP contribution in [0.1, 0.15) is 41.5 Å². The third-order valence-corrected chi connectivity index (χ3v) is 22.4. The number of hydrogen-bond donors (Lipinski definition) is 0. The monoisotopic (exact) mass is 430 g/mol. The Hall–Kier alpha value is -0.596. The first-order valence-electron chi connectivity index (χ1n) is 10.5. The number of sulfone groups is 1. The topological polar surface area (TPSA) is 43.4 Å². The average Bonchev–Trinajstić information content (AvgIpc) is 2.66. The lowest BCUT2D eigenvalue weighted by molar-refractivity contribution is 0.261. The molecule has 0 saturated carbocycles. The fourth-order valence-electron chi connectivity index (χ4n) is 4.48. The van der Waals surface area contributed by atoms with Gasteiger partial charge in [0.1, 0.15) is 12.4 Å². The highest BCUT2D eigenvalue weighted by atomic mass is 32.2. The minimum Gasteiger partial charge on any atom is -0.490 e. The van der Waals surface area contributed by atoms with Crippen LogP contribution in [0.3, 0.4) is 0 Å². The largest absolute Gasteiger partial charge is 0.490 e. The van der Waals surface area contributed by atoms with Gasteiger partial charge in [0, 0.05) is 11.7 Å². The standard InChI is InChI=1S/C21H42O3SSi2/c1-9-17-24-20(16-18-25(8,22)23)19-21(26(10-2,11-3)12-4)27(13-5,14-6)15-7/h9,16,18-19,21H,1,10-15,17H2,2-8H3/b18-16+,20-19-. The average molecular weight is 431 g/mol. The van der Waals surface area contributed by atoms with Gasteiger partial charge in [0.15, 0.2) is 9.84 Å². The summed E-state index contributed by atoms with van der Waals surface area (Å²) in [5.41, 5.74) is 0. The van der Waals surface area contributed by atoms with E-state index in [9.17, 15) is 8.42 Å². The van der Waals surface area contributed by atoms with Crippen LogP contribution in [0.4, 0.5) is 0 Å². The predicted octanol–water partition coefficient (Wildman–Crippen LogP) is 6.56. The Kier molecular flexibility index (Phi) is 11.8. The van der Waals surface area contributed by atoms with Gasteiger partial charge in [-0.1, -0.05) is 90.5 Å². The van der Waals surface area contributed by atoms with Crippen molar-refractivity contribution in [1.29, 1.82) is 0 Å². The van der Waals surface area contributed by atoms with E-state index >= 15 is 0 Å². The third kappa shape index (κ3) is 7.39. The molecule has 0 rings (SSSR count). The molecule has 0 aliphatic heterocycles. The molecule has 3 nitrogen and oxygen atoms in total. The molecule has 0 saturated heterocycles. The maximum atomic E-state index is 11.7. The molecule has 6 heteroatoms. The van der Waals surface area contributed by atoms with Crippen molar-refractivity contribution in [2.75, 3.05) is 12.9 Å². The van der Waals surface area contributed by atoms with Crippen LogP contribution in [0.15, 0.2) is 36.0 Å². The first-order chi connectivity index (χ1) is 12.6. The molecule has 0 heterocycles. The smallest absolute Gasteiger partial charge is 0.168 e. The van der Waals surface area contributed by atoms with E-state index in [0.717, 1.165) is 0 Å². The highest BCUT2D eigenvalue weighted by molar-refractivity contribution is 7.93. The molecule has 0 fully saturated rings. The van der Waals surface area contributed by atoms with Gasteiger partial charge in [-0.3, -0.25) is 0 Å². The summed E-state index contributed by atoms with van der Waals surface area (Å²) in [6, 6.07) is 7.59. The Morgan fingerprint density at radius 2 is 1.33 bits per heavy atom. The van der Waals surface area contributed by atoms with E-state index in [1.165, 1.54) is 47.9 Å². The van der Waals surface area contributed by atoms with E-state index in [1.54, 1.807) is 12.2 Å². The van der Waals surface area contributed by atoms with Crippen molar-refractivity contribution in [2.45, 2.75) is 83.0 Å². The second-order valence-electron chi connectivity index (χ2n) is 7.62. The Morgan fingerprint density at radius 3 is 1.63 bits per heavy atom. The van der Waals surface area contributed by atoms with Crippen LogP contribution >= 0.6 is 0 Å². The van der Waals surface area contributed by atoms with Crippen molar-refractivity contribution in [2.24, 2.45) is 0 Å². The van der Waals surface area contributed by atoms with E-state index in [4.69, 9.17) is 4.74 Å². The van der Waals surface area contributed by atoms with Crippen molar-refractivity contribution >= 4 is 26.0 Å².